The van der Waals surface area contributed by atoms with Gasteiger partial charge in [0.25, 0.3) is 0 Å². The van der Waals surface area contributed by atoms with E-state index in [1.165, 1.54) is 12.0 Å². The maximum absolute atomic E-state index is 11.4. The number of aliphatic hydroxyl groups is 1. The topological polar surface area (TPSA) is 66.8 Å². The van der Waals surface area contributed by atoms with Crippen molar-refractivity contribution in [2.75, 3.05) is 20.2 Å². The summed E-state index contributed by atoms with van der Waals surface area (Å²) in [6.45, 7) is 2.36. The van der Waals surface area contributed by atoms with E-state index >= 15 is 0 Å². The van der Waals surface area contributed by atoms with Crippen LogP contribution in [0.25, 0.3) is 0 Å². The number of nitrogens with zero attached hydrogens (tertiary/aromatic N) is 1. The largest absolute Gasteiger partial charge is 0.462 e. The Labute approximate surface area is 82.6 Å². The highest BCUT2D eigenvalue weighted by Gasteiger charge is 2.33. The summed E-state index contributed by atoms with van der Waals surface area (Å²) in [5.74, 6) is -1.55. The summed E-state index contributed by atoms with van der Waals surface area (Å²) in [4.78, 5) is 23.6. The predicted octanol–water partition coefficient (Wildman–Crippen LogP) is -0.467. The normalized spacial score (nSPS) is 27.2. The zero-order chi connectivity index (χ0) is 10.8. The Kier molecular flexibility index (Phi) is 3.10. The minimum atomic E-state index is -0.887. The zero-order valence-electron chi connectivity index (χ0n) is 8.45. The Morgan fingerprint density at radius 3 is 2.64 bits per heavy atom. The fourth-order valence-corrected chi connectivity index (χ4v) is 1.61. The summed E-state index contributed by atoms with van der Waals surface area (Å²) < 4.78 is 4.32. The van der Waals surface area contributed by atoms with Crippen molar-refractivity contribution in [1.29, 1.82) is 0 Å². The molecule has 0 spiro atoms. The van der Waals surface area contributed by atoms with Crippen LogP contribution in [0, 0.1) is 0 Å². The second-order valence-corrected chi connectivity index (χ2v) is 3.82. The number of methoxy groups -OCH3 is 1. The molecule has 1 aliphatic heterocycles. The van der Waals surface area contributed by atoms with E-state index in [2.05, 4.69) is 4.74 Å². The first-order chi connectivity index (χ1) is 6.46. The van der Waals surface area contributed by atoms with Crippen LogP contribution in [0.2, 0.25) is 0 Å². The summed E-state index contributed by atoms with van der Waals surface area (Å²) in [6.07, 6.45) is 1.35. The van der Waals surface area contributed by atoms with Crippen LogP contribution in [0.15, 0.2) is 0 Å². The average Bonchev–Trinajstić information content (AvgIpc) is 2.14. The molecule has 0 saturated carbocycles. The third-order valence-corrected chi connectivity index (χ3v) is 2.32. The Morgan fingerprint density at radius 2 is 2.14 bits per heavy atom. The number of rotatable bonds is 0. The molecule has 0 radical (unpaired) electrons. The van der Waals surface area contributed by atoms with Crippen LogP contribution >= 0.6 is 0 Å². The molecule has 14 heavy (non-hydrogen) atoms. The van der Waals surface area contributed by atoms with Crippen molar-refractivity contribution in [3.05, 3.63) is 0 Å². The van der Waals surface area contributed by atoms with E-state index in [0.717, 1.165) is 0 Å². The lowest BCUT2D eigenvalue weighted by Crippen LogP contribution is -2.50. The van der Waals surface area contributed by atoms with Gasteiger partial charge in [0.05, 0.1) is 12.7 Å². The summed E-state index contributed by atoms with van der Waals surface area (Å²) >= 11 is 0. The van der Waals surface area contributed by atoms with Gasteiger partial charge >= 0.3 is 11.9 Å². The maximum Gasteiger partial charge on any atom is 0.396 e. The molecular formula is C9H15NO4. The number of carbonyl (C=O) groups excluding carboxylic acids is 2. The zero-order valence-corrected chi connectivity index (χ0v) is 8.45. The van der Waals surface area contributed by atoms with Crippen LogP contribution < -0.4 is 0 Å². The van der Waals surface area contributed by atoms with Crippen molar-refractivity contribution in [2.24, 2.45) is 0 Å². The summed E-state index contributed by atoms with van der Waals surface area (Å²) in [7, 11) is 1.17. The van der Waals surface area contributed by atoms with E-state index in [1.54, 1.807) is 6.92 Å². The highest BCUT2D eigenvalue weighted by molar-refractivity contribution is 6.32. The molecule has 1 aliphatic rings. The highest BCUT2D eigenvalue weighted by Crippen LogP contribution is 2.20. The van der Waals surface area contributed by atoms with Gasteiger partial charge in [-0.15, -0.1) is 0 Å². The van der Waals surface area contributed by atoms with Gasteiger partial charge in [-0.2, -0.15) is 0 Å². The maximum atomic E-state index is 11.4. The van der Waals surface area contributed by atoms with Crippen LogP contribution in [-0.2, 0) is 14.3 Å². The number of amides is 1. The van der Waals surface area contributed by atoms with Gasteiger partial charge in [-0.05, 0) is 19.8 Å². The van der Waals surface area contributed by atoms with E-state index in [1.807, 2.05) is 0 Å². The summed E-state index contributed by atoms with van der Waals surface area (Å²) in [5.41, 5.74) is -0.887. The Morgan fingerprint density at radius 1 is 1.50 bits per heavy atom. The second kappa shape index (κ2) is 3.96. The van der Waals surface area contributed by atoms with Crippen molar-refractivity contribution in [1.82, 2.24) is 4.90 Å². The SMILES string of the molecule is COC(=O)C(=O)N1CCCC(C)(O)C1. The monoisotopic (exact) mass is 201 g/mol. The lowest BCUT2D eigenvalue weighted by Gasteiger charge is -2.36. The smallest absolute Gasteiger partial charge is 0.396 e. The molecule has 5 heteroatoms. The van der Waals surface area contributed by atoms with Crippen LogP contribution in [0.1, 0.15) is 19.8 Å². The molecule has 0 aliphatic carbocycles. The Hall–Kier alpha value is -1.10. The quantitative estimate of drug-likeness (QED) is 0.425. The van der Waals surface area contributed by atoms with Gasteiger partial charge in [0.15, 0.2) is 0 Å². The lowest BCUT2D eigenvalue weighted by molar-refractivity contribution is -0.161. The standard InChI is InChI=1S/C9H15NO4/c1-9(13)4-3-5-10(6-9)7(11)8(12)14-2/h13H,3-6H2,1-2H3. The molecule has 1 fully saturated rings. The number of β-amino-alcohol motifs (C(OH)–C–C–N with tert-alkyl or cyclic N) is 1. The predicted molar refractivity (Wildman–Crippen MR) is 48.5 cm³/mol. The molecule has 1 amide bonds. The number of ether oxygens (including phenoxy) is 1. The molecular weight excluding hydrogens is 186 g/mol. The van der Waals surface area contributed by atoms with Gasteiger partial charge < -0.3 is 14.7 Å². The minimum absolute atomic E-state index is 0.195. The molecule has 5 nitrogen and oxygen atoms in total. The lowest BCUT2D eigenvalue weighted by atomic mass is 9.95. The van der Waals surface area contributed by atoms with Crippen molar-refractivity contribution in [3.8, 4) is 0 Å². The van der Waals surface area contributed by atoms with Gasteiger partial charge in [-0.25, -0.2) is 4.79 Å². The number of esters is 1. The van der Waals surface area contributed by atoms with Gasteiger partial charge in [-0.3, -0.25) is 4.79 Å². The first-order valence-electron chi connectivity index (χ1n) is 4.56. The fraction of sp³-hybridized carbons (Fsp3) is 0.778. The van der Waals surface area contributed by atoms with Crippen molar-refractivity contribution in [3.63, 3.8) is 0 Å². The fourth-order valence-electron chi connectivity index (χ4n) is 1.61. The van der Waals surface area contributed by atoms with E-state index in [9.17, 15) is 14.7 Å². The summed E-state index contributed by atoms with van der Waals surface area (Å²) in [6, 6.07) is 0. The third-order valence-electron chi connectivity index (χ3n) is 2.32. The molecule has 1 heterocycles. The molecule has 0 aromatic heterocycles. The van der Waals surface area contributed by atoms with Crippen LogP contribution in [0.3, 0.4) is 0 Å². The molecule has 1 saturated heterocycles. The minimum Gasteiger partial charge on any atom is -0.462 e. The average molecular weight is 201 g/mol. The molecule has 0 aromatic rings. The number of hydrogen-bond acceptors (Lipinski definition) is 4. The van der Waals surface area contributed by atoms with E-state index < -0.39 is 17.5 Å². The molecule has 1 rings (SSSR count). The third kappa shape index (κ3) is 2.45. The van der Waals surface area contributed by atoms with Gasteiger partial charge in [-0.1, -0.05) is 0 Å². The molecule has 1 atom stereocenters. The number of likely N-dealkylation sites (tertiary alicyclic amines) is 1. The van der Waals surface area contributed by atoms with Crippen molar-refractivity contribution < 1.29 is 19.4 Å². The molecule has 0 bridgehead atoms. The first kappa shape index (κ1) is 11.0. The Bertz CT molecular complexity index is 249. The molecule has 0 aromatic carbocycles. The number of hydrogen-bond donors (Lipinski definition) is 1. The molecule has 1 N–H and O–H groups in total. The Balaban J connectivity index is 2.61. The van der Waals surface area contributed by atoms with Crippen LogP contribution in [0.4, 0.5) is 0 Å². The van der Waals surface area contributed by atoms with Gasteiger partial charge in [0.1, 0.15) is 0 Å². The second-order valence-electron chi connectivity index (χ2n) is 3.82. The summed E-state index contributed by atoms with van der Waals surface area (Å²) in [5, 5.41) is 9.70. The number of carbonyl (C=O) groups is 2. The van der Waals surface area contributed by atoms with E-state index in [0.29, 0.717) is 19.4 Å². The highest BCUT2D eigenvalue weighted by atomic mass is 16.5. The van der Waals surface area contributed by atoms with Crippen molar-refractivity contribution >= 4 is 11.9 Å². The molecule has 80 valence electrons. The van der Waals surface area contributed by atoms with Crippen LogP contribution in [0.5, 0.6) is 0 Å². The number of piperidine rings is 1. The van der Waals surface area contributed by atoms with E-state index in [-0.39, 0.29) is 6.54 Å². The van der Waals surface area contributed by atoms with Crippen molar-refractivity contribution in [2.45, 2.75) is 25.4 Å². The van der Waals surface area contributed by atoms with Crippen LogP contribution in [-0.4, -0.2) is 47.7 Å². The van der Waals surface area contributed by atoms with Gasteiger partial charge in [0, 0.05) is 13.1 Å². The van der Waals surface area contributed by atoms with Gasteiger partial charge in [0.2, 0.25) is 0 Å². The first-order valence-corrected chi connectivity index (χ1v) is 4.56. The van der Waals surface area contributed by atoms with E-state index in [4.69, 9.17) is 0 Å². The molecule has 1 unspecified atom stereocenters.